The summed E-state index contributed by atoms with van der Waals surface area (Å²) in [7, 11) is 0. The Kier molecular flexibility index (Phi) is 5.51. The van der Waals surface area contributed by atoms with Crippen molar-refractivity contribution in [1.82, 2.24) is 15.0 Å². The Morgan fingerprint density at radius 1 is 1.19 bits per heavy atom. The predicted octanol–water partition coefficient (Wildman–Crippen LogP) is 1.05. The molecular weight excluding hydrogens is 272 g/mol. The molecule has 118 valence electrons. The van der Waals surface area contributed by atoms with Gasteiger partial charge in [0, 0.05) is 0 Å². The summed E-state index contributed by atoms with van der Waals surface area (Å²) in [6.45, 7) is 2.58. The van der Waals surface area contributed by atoms with E-state index in [9.17, 15) is 5.11 Å². The first kappa shape index (κ1) is 15.7. The van der Waals surface area contributed by atoms with E-state index in [1.165, 1.54) is 6.42 Å². The molecule has 0 aliphatic heterocycles. The number of ether oxygens (including phenoxy) is 1. The van der Waals surface area contributed by atoms with E-state index in [4.69, 9.17) is 10.6 Å². The average Bonchev–Trinajstić information content (AvgIpc) is 2.53. The van der Waals surface area contributed by atoms with Crippen molar-refractivity contribution in [2.75, 3.05) is 24.0 Å². The number of nitrogens with zero attached hydrogens (tertiary/aromatic N) is 3. The quantitative estimate of drug-likeness (QED) is 0.435. The zero-order valence-electron chi connectivity index (χ0n) is 12.4. The number of hydrogen-bond donors (Lipinski definition) is 4. The number of aliphatic hydroxyl groups excluding tert-OH is 1. The van der Waals surface area contributed by atoms with E-state index in [2.05, 4.69) is 25.7 Å². The largest absolute Gasteiger partial charge is 0.463 e. The van der Waals surface area contributed by atoms with Gasteiger partial charge in [-0.1, -0.05) is 26.2 Å². The molecule has 21 heavy (non-hydrogen) atoms. The summed E-state index contributed by atoms with van der Waals surface area (Å²) in [5.74, 6) is 5.99. The first-order chi connectivity index (χ1) is 10.2. The molecular formula is C13H24N6O2. The first-order valence-electron chi connectivity index (χ1n) is 7.46. The van der Waals surface area contributed by atoms with Crippen molar-refractivity contribution in [2.45, 2.75) is 51.0 Å². The molecule has 0 spiro atoms. The van der Waals surface area contributed by atoms with Crippen molar-refractivity contribution in [3.63, 3.8) is 0 Å². The van der Waals surface area contributed by atoms with E-state index >= 15 is 0 Å². The number of hydrogen-bond acceptors (Lipinski definition) is 8. The summed E-state index contributed by atoms with van der Waals surface area (Å²) in [6, 6.07) is 0.228. The van der Waals surface area contributed by atoms with E-state index < -0.39 is 0 Å². The van der Waals surface area contributed by atoms with Gasteiger partial charge >= 0.3 is 6.01 Å². The van der Waals surface area contributed by atoms with Gasteiger partial charge in [0.15, 0.2) is 0 Å². The maximum atomic E-state index is 9.73. The minimum absolute atomic E-state index is 0.0508. The highest BCUT2D eigenvalue weighted by Gasteiger charge is 2.32. The smallest absolute Gasteiger partial charge is 0.323 e. The second-order valence-corrected chi connectivity index (χ2v) is 5.38. The van der Waals surface area contributed by atoms with Crippen LogP contribution in [-0.2, 0) is 0 Å². The molecule has 5 N–H and O–H groups in total. The lowest BCUT2D eigenvalue weighted by atomic mass is 9.82. The third-order valence-electron chi connectivity index (χ3n) is 3.67. The minimum Gasteiger partial charge on any atom is -0.463 e. The molecule has 1 aromatic rings. The molecule has 0 radical (unpaired) electrons. The maximum Gasteiger partial charge on any atom is 0.323 e. The van der Waals surface area contributed by atoms with E-state index in [1.807, 2.05) is 6.92 Å². The Bertz CT molecular complexity index is 450. The highest BCUT2D eigenvalue weighted by Crippen LogP contribution is 2.30. The Hall–Kier alpha value is -1.67. The van der Waals surface area contributed by atoms with Crippen LogP contribution >= 0.6 is 0 Å². The summed E-state index contributed by atoms with van der Waals surface area (Å²) in [5, 5.41) is 13.0. The van der Waals surface area contributed by atoms with Crippen molar-refractivity contribution < 1.29 is 9.84 Å². The SMILES string of the molecule is CCCOc1nc(NN)nc(NC2(CO)CCCCC2)n1. The van der Waals surface area contributed by atoms with Crippen LogP contribution in [-0.4, -0.2) is 38.8 Å². The number of nitrogens with two attached hydrogens (primary N) is 1. The minimum atomic E-state index is -0.368. The van der Waals surface area contributed by atoms with Gasteiger partial charge in [-0.3, -0.25) is 5.43 Å². The normalized spacial score (nSPS) is 17.3. The number of anilines is 2. The Labute approximate surface area is 124 Å². The molecule has 1 heterocycles. The van der Waals surface area contributed by atoms with Gasteiger partial charge in [-0.15, -0.1) is 0 Å². The van der Waals surface area contributed by atoms with Crippen LogP contribution in [0.4, 0.5) is 11.9 Å². The standard InChI is InChI=1S/C13H24N6O2/c1-2-8-21-12-16-10(15-11(17-12)19-14)18-13(9-20)6-4-3-5-7-13/h20H,2-9,14H2,1H3,(H2,15,16,17,18,19). The van der Waals surface area contributed by atoms with Gasteiger partial charge in [0.1, 0.15) is 0 Å². The zero-order chi connectivity index (χ0) is 15.1. The molecule has 8 nitrogen and oxygen atoms in total. The first-order valence-corrected chi connectivity index (χ1v) is 7.46. The van der Waals surface area contributed by atoms with Crippen LogP contribution in [0.3, 0.4) is 0 Å². The summed E-state index contributed by atoms with van der Waals surface area (Å²) in [6.07, 6.45) is 6.01. The van der Waals surface area contributed by atoms with Crippen molar-refractivity contribution in [2.24, 2.45) is 5.84 Å². The lowest BCUT2D eigenvalue weighted by Gasteiger charge is -2.36. The fraction of sp³-hybridized carbons (Fsp3) is 0.769. The van der Waals surface area contributed by atoms with Crippen LogP contribution < -0.4 is 21.3 Å². The summed E-state index contributed by atoms with van der Waals surface area (Å²) < 4.78 is 5.43. The molecule has 2 rings (SSSR count). The van der Waals surface area contributed by atoms with Crippen LogP contribution in [0.5, 0.6) is 6.01 Å². The molecule has 0 unspecified atom stereocenters. The number of nitrogen functional groups attached to an aromatic ring is 1. The lowest BCUT2D eigenvalue weighted by Crippen LogP contribution is -2.44. The molecule has 1 aromatic heterocycles. The third-order valence-corrected chi connectivity index (χ3v) is 3.67. The molecule has 1 saturated carbocycles. The average molecular weight is 296 g/mol. The van der Waals surface area contributed by atoms with Crippen LogP contribution in [0.25, 0.3) is 0 Å². The van der Waals surface area contributed by atoms with E-state index in [0.29, 0.717) is 12.6 Å². The van der Waals surface area contributed by atoms with Gasteiger partial charge in [0.25, 0.3) is 0 Å². The summed E-state index contributed by atoms with van der Waals surface area (Å²) >= 11 is 0. The van der Waals surface area contributed by atoms with Gasteiger partial charge < -0.3 is 15.2 Å². The molecule has 0 bridgehead atoms. The highest BCUT2D eigenvalue weighted by molar-refractivity contribution is 5.37. The molecule has 1 fully saturated rings. The van der Waals surface area contributed by atoms with E-state index in [1.54, 1.807) is 0 Å². The monoisotopic (exact) mass is 296 g/mol. The molecule has 1 aliphatic carbocycles. The second kappa shape index (κ2) is 7.37. The fourth-order valence-corrected chi connectivity index (χ4v) is 2.52. The molecule has 0 atom stereocenters. The zero-order valence-corrected chi connectivity index (χ0v) is 12.4. The molecule has 0 saturated heterocycles. The van der Waals surface area contributed by atoms with E-state index in [-0.39, 0.29) is 24.1 Å². The lowest BCUT2D eigenvalue weighted by molar-refractivity contribution is 0.172. The summed E-state index contributed by atoms with van der Waals surface area (Å²) in [4.78, 5) is 12.5. The molecule has 0 aromatic carbocycles. The van der Waals surface area contributed by atoms with Crippen molar-refractivity contribution >= 4 is 11.9 Å². The topological polar surface area (TPSA) is 118 Å². The molecule has 0 amide bonds. The molecule has 8 heteroatoms. The van der Waals surface area contributed by atoms with Gasteiger partial charge in [0.2, 0.25) is 11.9 Å². The fourth-order valence-electron chi connectivity index (χ4n) is 2.52. The summed E-state index contributed by atoms with van der Waals surface area (Å²) in [5.41, 5.74) is 2.04. The van der Waals surface area contributed by atoms with Crippen molar-refractivity contribution in [1.29, 1.82) is 0 Å². The Morgan fingerprint density at radius 2 is 1.90 bits per heavy atom. The molecule has 1 aliphatic rings. The van der Waals surface area contributed by atoms with Gasteiger partial charge in [-0.25, -0.2) is 5.84 Å². The van der Waals surface area contributed by atoms with Crippen molar-refractivity contribution in [3.05, 3.63) is 0 Å². The van der Waals surface area contributed by atoms with Gasteiger partial charge in [-0.2, -0.15) is 15.0 Å². The van der Waals surface area contributed by atoms with E-state index in [0.717, 1.165) is 32.1 Å². The Balaban J connectivity index is 2.16. The Morgan fingerprint density at radius 3 is 2.52 bits per heavy atom. The number of hydrazine groups is 1. The predicted molar refractivity (Wildman–Crippen MR) is 79.9 cm³/mol. The number of rotatable bonds is 7. The van der Waals surface area contributed by atoms with Crippen molar-refractivity contribution in [3.8, 4) is 6.01 Å². The van der Waals surface area contributed by atoms with Gasteiger partial charge in [0.05, 0.1) is 18.8 Å². The number of aliphatic hydroxyl groups is 1. The van der Waals surface area contributed by atoms with Crippen LogP contribution in [0.1, 0.15) is 45.4 Å². The maximum absolute atomic E-state index is 9.73. The van der Waals surface area contributed by atoms with Gasteiger partial charge in [-0.05, 0) is 19.3 Å². The van der Waals surface area contributed by atoms with Crippen LogP contribution in [0.15, 0.2) is 0 Å². The third kappa shape index (κ3) is 4.15. The number of nitrogens with one attached hydrogen (secondary N) is 2. The second-order valence-electron chi connectivity index (χ2n) is 5.38. The van der Waals surface area contributed by atoms with Crippen LogP contribution in [0.2, 0.25) is 0 Å². The highest BCUT2D eigenvalue weighted by atomic mass is 16.5. The number of aromatic nitrogens is 3. The van der Waals surface area contributed by atoms with Crippen LogP contribution in [0, 0.1) is 0 Å².